The molecule has 4 aromatic rings. The highest BCUT2D eigenvalue weighted by molar-refractivity contribution is 7.68. The summed E-state index contributed by atoms with van der Waals surface area (Å²) in [6, 6.07) is 32.1. The summed E-state index contributed by atoms with van der Waals surface area (Å²) in [7, 11) is -0.944. The molecule has 2 nitrogen and oxygen atoms in total. The topological polar surface area (TPSA) is 22.1 Å². The average molecular weight is 438 g/mol. The lowest BCUT2D eigenvalue weighted by molar-refractivity contribution is 0.205. The molecule has 0 N–H and O–H groups in total. The van der Waals surface area contributed by atoms with Gasteiger partial charge in [-0.05, 0) is 55.9 Å². The number of nitrogens with zero attached hydrogens (tertiary/aromatic N) is 1. The maximum atomic E-state index is 7.04. The van der Waals surface area contributed by atoms with E-state index in [9.17, 15) is 0 Å². The molecule has 0 unspecified atom stereocenters. The van der Waals surface area contributed by atoms with Gasteiger partial charge in [0.15, 0.2) is 0 Å². The van der Waals surface area contributed by atoms with Crippen LogP contribution in [0.4, 0.5) is 0 Å². The summed E-state index contributed by atoms with van der Waals surface area (Å²) >= 11 is 0. The van der Waals surface area contributed by atoms with Gasteiger partial charge in [0.25, 0.3) is 0 Å². The van der Waals surface area contributed by atoms with Crippen molar-refractivity contribution in [2.24, 2.45) is 0 Å². The van der Waals surface area contributed by atoms with Crippen molar-refractivity contribution in [3.63, 3.8) is 0 Å². The number of hydrogen-bond acceptors (Lipinski definition) is 2. The maximum Gasteiger partial charge on any atom is 0.105 e. The second-order valence-corrected chi connectivity index (χ2v) is 10.2. The third-order valence-corrected chi connectivity index (χ3v) is 8.54. The Bertz CT molecular complexity index is 1180. The largest absolute Gasteiger partial charge is 0.340 e. The fourth-order valence-corrected chi connectivity index (χ4v) is 6.61. The molecule has 0 saturated carbocycles. The van der Waals surface area contributed by atoms with Crippen LogP contribution in [0.15, 0.2) is 91.0 Å². The molecular formula is C29H28NOP. The van der Waals surface area contributed by atoms with Crippen LogP contribution in [-0.4, -0.2) is 4.98 Å². The van der Waals surface area contributed by atoms with E-state index in [-0.39, 0.29) is 6.10 Å². The first-order valence-corrected chi connectivity index (χ1v) is 12.6. The van der Waals surface area contributed by atoms with Gasteiger partial charge in [0.2, 0.25) is 0 Å². The van der Waals surface area contributed by atoms with Crippen LogP contribution in [0.25, 0.3) is 11.3 Å². The summed E-state index contributed by atoms with van der Waals surface area (Å²) in [5, 5.41) is 2.59. The lowest BCUT2D eigenvalue weighted by Gasteiger charge is -2.30. The number of benzene rings is 3. The second kappa shape index (κ2) is 9.36. The first kappa shape index (κ1) is 21.1. The monoisotopic (exact) mass is 437 g/mol. The van der Waals surface area contributed by atoms with Gasteiger partial charge >= 0.3 is 0 Å². The van der Waals surface area contributed by atoms with Crippen molar-refractivity contribution in [2.45, 2.75) is 39.2 Å². The summed E-state index contributed by atoms with van der Waals surface area (Å²) in [6.45, 7) is 4.37. The van der Waals surface area contributed by atoms with E-state index in [1.54, 1.807) is 0 Å². The van der Waals surface area contributed by atoms with E-state index in [0.717, 1.165) is 36.2 Å². The van der Waals surface area contributed by atoms with Gasteiger partial charge in [-0.2, -0.15) is 0 Å². The molecule has 1 aliphatic rings. The minimum atomic E-state index is -0.944. The van der Waals surface area contributed by atoms with Crippen LogP contribution in [0.2, 0.25) is 0 Å². The van der Waals surface area contributed by atoms with Crippen LogP contribution < -0.4 is 10.6 Å². The molecule has 0 radical (unpaired) electrons. The molecule has 1 heterocycles. The van der Waals surface area contributed by atoms with Crippen molar-refractivity contribution in [2.75, 3.05) is 0 Å². The Morgan fingerprint density at radius 2 is 1.38 bits per heavy atom. The van der Waals surface area contributed by atoms with Gasteiger partial charge < -0.3 is 4.52 Å². The molecule has 1 atom stereocenters. The predicted molar refractivity (Wildman–Crippen MR) is 135 cm³/mol. The fraction of sp³-hybridized carbons (Fsp3) is 0.207. The van der Waals surface area contributed by atoms with Gasteiger partial charge in [0, 0.05) is 16.2 Å². The number of fused-ring (bicyclic) bond motifs is 1. The van der Waals surface area contributed by atoms with Crippen LogP contribution >= 0.6 is 8.15 Å². The zero-order valence-electron chi connectivity index (χ0n) is 18.7. The molecule has 0 saturated heterocycles. The van der Waals surface area contributed by atoms with E-state index in [4.69, 9.17) is 9.51 Å². The minimum absolute atomic E-state index is 0.00716. The SMILES string of the molecule is Cc1ccccc1P(O[C@H]1CCCc2ccc(-c3ccccc3)nc21)c1ccccc1C. The summed E-state index contributed by atoms with van der Waals surface area (Å²) in [6.07, 6.45) is 3.22. The number of aryl methyl sites for hydroxylation is 3. The molecule has 0 bridgehead atoms. The van der Waals surface area contributed by atoms with Crippen molar-refractivity contribution in [1.29, 1.82) is 0 Å². The average Bonchev–Trinajstić information content (AvgIpc) is 2.84. The Morgan fingerprint density at radius 1 is 0.750 bits per heavy atom. The van der Waals surface area contributed by atoms with Crippen molar-refractivity contribution in [3.8, 4) is 11.3 Å². The Labute approximate surface area is 192 Å². The van der Waals surface area contributed by atoms with E-state index < -0.39 is 8.15 Å². The quantitative estimate of drug-likeness (QED) is 0.320. The highest BCUT2D eigenvalue weighted by Gasteiger charge is 2.29. The Kier molecular flexibility index (Phi) is 6.17. The lowest BCUT2D eigenvalue weighted by atomic mass is 9.93. The van der Waals surface area contributed by atoms with E-state index >= 15 is 0 Å². The molecule has 1 aromatic heterocycles. The van der Waals surface area contributed by atoms with Gasteiger partial charge in [-0.25, -0.2) is 4.98 Å². The van der Waals surface area contributed by atoms with E-state index in [0.29, 0.717) is 0 Å². The summed E-state index contributed by atoms with van der Waals surface area (Å²) < 4.78 is 7.04. The summed E-state index contributed by atoms with van der Waals surface area (Å²) in [4.78, 5) is 5.14. The van der Waals surface area contributed by atoms with Gasteiger partial charge in [-0.1, -0.05) is 84.9 Å². The maximum absolute atomic E-state index is 7.04. The fourth-order valence-electron chi connectivity index (χ4n) is 4.43. The first-order chi connectivity index (χ1) is 15.7. The first-order valence-electron chi connectivity index (χ1n) is 11.3. The van der Waals surface area contributed by atoms with Crippen molar-refractivity contribution < 1.29 is 4.52 Å². The lowest BCUT2D eigenvalue weighted by Crippen LogP contribution is -2.22. The second-order valence-electron chi connectivity index (χ2n) is 8.46. The number of rotatable bonds is 5. The molecule has 0 spiro atoms. The number of pyridine rings is 1. The van der Waals surface area contributed by atoms with Gasteiger partial charge in [0.05, 0.1) is 19.5 Å². The van der Waals surface area contributed by atoms with E-state index in [2.05, 4.69) is 98.8 Å². The summed E-state index contributed by atoms with van der Waals surface area (Å²) in [5.41, 5.74) is 7.18. The van der Waals surface area contributed by atoms with Crippen LogP contribution in [0, 0.1) is 13.8 Å². The molecular weight excluding hydrogens is 409 g/mol. The minimum Gasteiger partial charge on any atom is -0.340 e. The highest BCUT2D eigenvalue weighted by atomic mass is 31.1. The summed E-state index contributed by atoms with van der Waals surface area (Å²) in [5.74, 6) is 0. The Morgan fingerprint density at radius 3 is 2.03 bits per heavy atom. The smallest absolute Gasteiger partial charge is 0.105 e. The third-order valence-electron chi connectivity index (χ3n) is 6.20. The predicted octanol–water partition coefficient (Wildman–Crippen LogP) is 6.81. The standard InChI is InChI=1S/C29H28NOP/c1-21-11-6-8-17-27(21)32(28-18-9-7-12-22(28)2)31-26-16-10-15-24-19-20-25(30-29(24)26)23-13-4-3-5-14-23/h3-9,11-14,17-20,26H,10,15-16H2,1-2H3/t26-/m0/s1. The number of aromatic nitrogens is 1. The van der Waals surface area contributed by atoms with E-state index in [1.807, 2.05) is 6.07 Å². The molecule has 0 aliphatic heterocycles. The Hall–Kier alpha value is -2.80. The molecule has 3 aromatic carbocycles. The zero-order valence-corrected chi connectivity index (χ0v) is 19.6. The van der Waals surface area contributed by atoms with Crippen LogP contribution in [0.1, 0.15) is 41.3 Å². The Balaban J connectivity index is 1.56. The molecule has 32 heavy (non-hydrogen) atoms. The van der Waals surface area contributed by atoms with Crippen LogP contribution in [0.3, 0.4) is 0 Å². The number of hydrogen-bond donors (Lipinski definition) is 0. The van der Waals surface area contributed by atoms with Crippen molar-refractivity contribution in [1.82, 2.24) is 4.98 Å². The van der Waals surface area contributed by atoms with Crippen molar-refractivity contribution in [3.05, 3.63) is 113 Å². The molecule has 1 aliphatic carbocycles. The van der Waals surface area contributed by atoms with Gasteiger partial charge in [0.1, 0.15) is 6.10 Å². The van der Waals surface area contributed by atoms with Crippen molar-refractivity contribution >= 4 is 18.8 Å². The van der Waals surface area contributed by atoms with Gasteiger partial charge in [-0.15, -0.1) is 0 Å². The molecule has 160 valence electrons. The molecule has 0 amide bonds. The third kappa shape index (κ3) is 4.26. The van der Waals surface area contributed by atoms with Crippen LogP contribution in [0.5, 0.6) is 0 Å². The molecule has 5 rings (SSSR count). The van der Waals surface area contributed by atoms with E-state index in [1.165, 1.54) is 27.3 Å². The van der Waals surface area contributed by atoms with Gasteiger partial charge in [-0.3, -0.25) is 0 Å². The molecule has 3 heteroatoms. The highest BCUT2D eigenvalue weighted by Crippen LogP contribution is 2.46. The normalized spacial score (nSPS) is 15.5. The molecule has 0 fully saturated rings. The zero-order chi connectivity index (χ0) is 21.9. The van der Waals surface area contributed by atoms with Crippen LogP contribution in [-0.2, 0) is 10.9 Å².